The number of nitrogens with zero attached hydrogens (tertiary/aromatic N) is 2. The van der Waals surface area contributed by atoms with E-state index in [2.05, 4.69) is 37.5 Å². The first-order chi connectivity index (χ1) is 8.20. The molecule has 1 fully saturated rings. The standard InChI is InChI=1S/C14H25N3/c1-11-9-13(17(3)16-11)10-14(15-2)12-7-5-4-6-8-12/h9,12,14-15H,4-8,10H2,1-3H3. The maximum absolute atomic E-state index is 4.43. The van der Waals surface area contributed by atoms with Crippen LogP contribution in [0.25, 0.3) is 0 Å². The van der Waals surface area contributed by atoms with E-state index < -0.39 is 0 Å². The van der Waals surface area contributed by atoms with Crippen LogP contribution in [0.2, 0.25) is 0 Å². The van der Waals surface area contributed by atoms with Crippen molar-refractivity contribution in [2.75, 3.05) is 7.05 Å². The summed E-state index contributed by atoms with van der Waals surface area (Å²) in [5.74, 6) is 0.851. The van der Waals surface area contributed by atoms with E-state index in [-0.39, 0.29) is 0 Å². The highest BCUT2D eigenvalue weighted by Crippen LogP contribution is 2.27. The molecule has 0 bridgehead atoms. The summed E-state index contributed by atoms with van der Waals surface area (Å²) < 4.78 is 2.03. The van der Waals surface area contributed by atoms with Crippen LogP contribution in [0.1, 0.15) is 43.5 Å². The Bertz CT molecular complexity index is 350. The molecule has 3 heteroatoms. The molecule has 1 saturated carbocycles. The van der Waals surface area contributed by atoms with E-state index in [1.54, 1.807) is 0 Å². The van der Waals surface area contributed by atoms with Crippen LogP contribution in [0.4, 0.5) is 0 Å². The van der Waals surface area contributed by atoms with E-state index in [0.717, 1.165) is 18.0 Å². The van der Waals surface area contributed by atoms with Gasteiger partial charge in [0.05, 0.1) is 5.69 Å². The highest BCUT2D eigenvalue weighted by atomic mass is 15.3. The molecule has 1 aromatic heterocycles. The Labute approximate surface area is 105 Å². The van der Waals surface area contributed by atoms with Crippen LogP contribution in [0.3, 0.4) is 0 Å². The first kappa shape index (κ1) is 12.6. The molecule has 1 aromatic rings. The molecule has 0 aliphatic heterocycles. The van der Waals surface area contributed by atoms with Gasteiger partial charge in [-0.15, -0.1) is 0 Å². The Morgan fingerprint density at radius 2 is 2.12 bits per heavy atom. The van der Waals surface area contributed by atoms with Crippen molar-refractivity contribution in [3.05, 3.63) is 17.5 Å². The summed E-state index contributed by atoms with van der Waals surface area (Å²) in [5.41, 5.74) is 2.48. The summed E-state index contributed by atoms with van der Waals surface area (Å²) in [6.07, 6.45) is 8.14. The lowest BCUT2D eigenvalue weighted by molar-refractivity contribution is 0.274. The van der Waals surface area contributed by atoms with Crippen LogP contribution in [0.5, 0.6) is 0 Å². The molecular formula is C14H25N3. The lowest BCUT2D eigenvalue weighted by Gasteiger charge is -2.30. The smallest absolute Gasteiger partial charge is 0.0596 e. The zero-order valence-corrected chi connectivity index (χ0v) is 11.4. The zero-order valence-electron chi connectivity index (χ0n) is 11.4. The number of hydrogen-bond acceptors (Lipinski definition) is 2. The Morgan fingerprint density at radius 3 is 2.65 bits per heavy atom. The van der Waals surface area contributed by atoms with E-state index >= 15 is 0 Å². The molecule has 0 aromatic carbocycles. The topological polar surface area (TPSA) is 29.9 Å². The first-order valence-corrected chi connectivity index (χ1v) is 6.87. The van der Waals surface area contributed by atoms with Gasteiger partial charge in [0.15, 0.2) is 0 Å². The Hall–Kier alpha value is -0.830. The highest BCUT2D eigenvalue weighted by Gasteiger charge is 2.23. The summed E-state index contributed by atoms with van der Waals surface area (Å²) in [7, 11) is 4.15. The normalized spacial score (nSPS) is 19.5. The van der Waals surface area contributed by atoms with Gasteiger partial charge in [-0.05, 0) is 38.8 Å². The number of aromatic nitrogens is 2. The maximum Gasteiger partial charge on any atom is 0.0596 e. The average molecular weight is 235 g/mol. The Morgan fingerprint density at radius 1 is 1.41 bits per heavy atom. The average Bonchev–Trinajstić information content (AvgIpc) is 2.66. The second kappa shape index (κ2) is 5.67. The quantitative estimate of drug-likeness (QED) is 0.868. The fraction of sp³-hybridized carbons (Fsp3) is 0.786. The van der Waals surface area contributed by atoms with Crippen molar-refractivity contribution in [3.8, 4) is 0 Å². The van der Waals surface area contributed by atoms with Gasteiger partial charge in [0.2, 0.25) is 0 Å². The monoisotopic (exact) mass is 235 g/mol. The molecule has 1 aliphatic rings. The molecule has 1 N–H and O–H groups in total. The third kappa shape index (κ3) is 3.09. The summed E-state index contributed by atoms with van der Waals surface area (Å²) >= 11 is 0. The van der Waals surface area contributed by atoms with Gasteiger partial charge in [-0.2, -0.15) is 5.10 Å². The molecule has 3 nitrogen and oxygen atoms in total. The Balaban J connectivity index is 2.01. The van der Waals surface area contributed by atoms with Crippen molar-refractivity contribution in [1.82, 2.24) is 15.1 Å². The fourth-order valence-electron chi connectivity index (χ4n) is 3.12. The van der Waals surface area contributed by atoms with Gasteiger partial charge in [-0.25, -0.2) is 0 Å². The van der Waals surface area contributed by atoms with Gasteiger partial charge in [-0.3, -0.25) is 4.68 Å². The van der Waals surface area contributed by atoms with Crippen LogP contribution in [0.15, 0.2) is 6.07 Å². The minimum absolute atomic E-state index is 0.616. The second-order valence-electron chi connectivity index (χ2n) is 5.40. The number of aryl methyl sites for hydroxylation is 2. The molecule has 1 unspecified atom stereocenters. The van der Waals surface area contributed by atoms with Crippen LogP contribution in [0, 0.1) is 12.8 Å². The summed E-state index contributed by atoms with van der Waals surface area (Å²) in [4.78, 5) is 0. The number of rotatable bonds is 4. The van der Waals surface area contributed by atoms with Crippen molar-refractivity contribution in [2.24, 2.45) is 13.0 Å². The molecule has 0 radical (unpaired) electrons. The predicted octanol–water partition coefficient (Wildman–Crippen LogP) is 2.44. The number of hydrogen-bond donors (Lipinski definition) is 1. The van der Waals surface area contributed by atoms with Crippen LogP contribution < -0.4 is 5.32 Å². The van der Waals surface area contributed by atoms with E-state index in [4.69, 9.17) is 0 Å². The zero-order chi connectivity index (χ0) is 12.3. The van der Waals surface area contributed by atoms with E-state index in [9.17, 15) is 0 Å². The maximum atomic E-state index is 4.43. The molecule has 0 saturated heterocycles. The molecule has 0 amide bonds. The van der Waals surface area contributed by atoms with Crippen LogP contribution >= 0.6 is 0 Å². The molecular weight excluding hydrogens is 210 g/mol. The van der Waals surface area contributed by atoms with Crippen LogP contribution in [-0.4, -0.2) is 22.9 Å². The van der Waals surface area contributed by atoms with Gasteiger partial charge in [0, 0.05) is 25.2 Å². The number of likely N-dealkylation sites (N-methyl/N-ethyl adjacent to an activating group) is 1. The number of nitrogens with one attached hydrogen (secondary N) is 1. The lowest BCUT2D eigenvalue weighted by Crippen LogP contribution is -2.37. The fourth-order valence-corrected chi connectivity index (χ4v) is 3.12. The highest BCUT2D eigenvalue weighted by molar-refractivity contribution is 5.10. The van der Waals surface area contributed by atoms with Gasteiger partial charge in [-0.1, -0.05) is 19.3 Å². The van der Waals surface area contributed by atoms with E-state index in [1.165, 1.54) is 37.8 Å². The molecule has 1 aliphatic carbocycles. The van der Waals surface area contributed by atoms with Crippen molar-refractivity contribution in [2.45, 2.75) is 51.5 Å². The third-order valence-corrected chi connectivity index (χ3v) is 4.12. The molecule has 1 atom stereocenters. The van der Waals surface area contributed by atoms with Gasteiger partial charge in [0.25, 0.3) is 0 Å². The minimum Gasteiger partial charge on any atom is -0.316 e. The first-order valence-electron chi connectivity index (χ1n) is 6.87. The van der Waals surface area contributed by atoms with E-state index in [0.29, 0.717) is 6.04 Å². The van der Waals surface area contributed by atoms with Gasteiger partial charge >= 0.3 is 0 Å². The summed E-state index contributed by atoms with van der Waals surface area (Å²) in [6, 6.07) is 2.83. The minimum atomic E-state index is 0.616. The second-order valence-corrected chi connectivity index (χ2v) is 5.40. The van der Waals surface area contributed by atoms with Crippen molar-refractivity contribution < 1.29 is 0 Å². The van der Waals surface area contributed by atoms with Crippen molar-refractivity contribution in [3.63, 3.8) is 0 Å². The van der Waals surface area contributed by atoms with Gasteiger partial charge < -0.3 is 5.32 Å². The van der Waals surface area contributed by atoms with Crippen molar-refractivity contribution >= 4 is 0 Å². The largest absolute Gasteiger partial charge is 0.316 e. The predicted molar refractivity (Wildman–Crippen MR) is 71.1 cm³/mol. The molecule has 17 heavy (non-hydrogen) atoms. The van der Waals surface area contributed by atoms with E-state index in [1.807, 2.05) is 4.68 Å². The third-order valence-electron chi connectivity index (χ3n) is 4.12. The van der Waals surface area contributed by atoms with Crippen molar-refractivity contribution in [1.29, 1.82) is 0 Å². The Kier molecular flexibility index (Phi) is 4.21. The summed E-state index contributed by atoms with van der Waals surface area (Å²) in [6.45, 7) is 2.07. The lowest BCUT2D eigenvalue weighted by atomic mass is 9.82. The molecule has 0 spiro atoms. The molecule has 2 rings (SSSR count). The van der Waals surface area contributed by atoms with Crippen LogP contribution in [-0.2, 0) is 13.5 Å². The SMILES string of the molecule is CNC(Cc1cc(C)nn1C)C1CCCCC1. The summed E-state index contributed by atoms with van der Waals surface area (Å²) in [5, 5.41) is 7.95. The molecule has 1 heterocycles. The molecule has 96 valence electrons. The van der Waals surface area contributed by atoms with Gasteiger partial charge in [0.1, 0.15) is 0 Å².